The summed E-state index contributed by atoms with van der Waals surface area (Å²) < 4.78 is 10.6. The second-order valence-electron chi connectivity index (χ2n) is 7.64. The highest BCUT2D eigenvalue weighted by atomic mass is 16.5. The number of rotatable bonds is 7. The Morgan fingerprint density at radius 2 is 1.76 bits per heavy atom. The number of piperazine rings is 1. The van der Waals surface area contributed by atoms with Gasteiger partial charge in [0.2, 0.25) is 0 Å². The fourth-order valence-electron chi connectivity index (χ4n) is 3.85. The Hall–Kier alpha value is -2.73. The SMILES string of the molecule is COc1ccc(CN(C)C(=O)C[NH+]2CCN(c3ccccc3C)CC2)cc1OC. The average Bonchev–Trinajstić information content (AvgIpc) is 2.74. The lowest BCUT2D eigenvalue weighted by atomic mass is 10.1. The largest absolute Gasteiger partial charge is 0.493 e. The summed E-state index contributed by atoms with van der Waals surface area (Å²) in [6.07, 6.45) is 0. The van der Waals surface area contributed by atoms with Crippen LogP contribution < -0.4 is 19.3 Å². The number of anilines is 1. The molecule has 2 aromatic rings. The lowest BCUT2D eigenvalue weighted by Gasteiger charge is -2.34. The van der Waals surface area contributed by atoms with Crippen molar-refractivity contribution in [3.05, 3.63) is 53.6 Å². The standard InChI is InChI=1S/C23H31N3O3/c1-18-7-5-6-8-20(18)26-13-11-25(12-14-26)17-23(27)24(2)16-19-9-10-21(28-3)22(15-19)29-4/h5-10,15H,11-14,16-17H2,1-4H3/p+1. The topological polar surface area (TPSA) is 46.5 Å². The van der Waals surface area contributed by atoms with Crippen molar-refractivity contribution in [2.24, 2.45) is 0 Å². The van der Waals surface area contributed by atoms with E-state index < -0.39 is 0 Å². The minimum atomic E-state index is 0.166. The Bertz CT molecular complexity index is 832. The molecule has 0 unspecified atom stereocenters. The third-order valence-corrected chi connectivity index (χ3v) is 5.62. The number of nitrogens with one attached hydrogen (secondary N) is 1. The summed E-state index contributed by atoms with van der Waals surface area (Å²) >= 11 is 0. The fourth-order valence-corrected chi connectivity index (χ4v) is 3.85. The predicted octanol–water partition coefficient (Wildman–Crippen LogP) is 1.38. The van der Waals surface area contributed by atoms with Gasteiger partial charge < -0.3 is 24.2 Å². The second kappa shape index (κ2) is 9.65. The molecule has 1 saturated heterocycles. The number of carbonyl (C=O) groups is 1. The van der Waals surface area contributed by atoms with Crippen LogP contribution in [0, 0.1) is 6.92 Å². The van der Waals surface area contributed by atoms with Gasteiger partial charge in [0, 0.05) is 19.3 Å². The third-order valence-electron chi connectivity index (χ3n) is 5.62. The van der Waals surface area contributed by atoms with Gasteiger partial charge in [0.15, 0.2) is 18.0 Å². The first-order valence-corrected chi connectivity index (χ1v) is 10.1. The van der Waals surface area contributed by atoms with E-state index in [9.17, 15) is 4.79 Å². The quantitative estimate of drug-likeness (QED) is 0.766. The average molecular weight is 399 g/mol. The summed E-state index contributed by atoms with van der Waals surface area (Å²) in [5.41, 5.74) is 3.64. The van der Waals surface area contributed by atoms with E-state index in [0.29, 0.717) is 24.6 Å². The van der Waals surface area contributed by atoms with Gasteiger partial charge in [-0.1, -0.05) is 24.3 Å². The molecular weight excluding hydrogens is 366 g/mol. The van der Waals surface area contributed by atoms with Gasteiger partial charge in [0.05, 0.1) is 40.4 Å². The number of benzene rings is 2. The molecular formula is C23H32N3O3+. The molecule has 6 heteroatoms. The van der Waals surface area contributed by atoms with Crippen LogP contribution in [0.15, 0.2) is 42.5 Å². The minimum absolute atomic E-state index is 0.166. The minimum Gasteiger partial charge on any atom is -0.493 e. The lowest BCUT2D eigenvalue weighted by Crippen LogP contribution is -3.15. The number of likely N-dealkylation sites (N-methyl/N-ethyl adjacent to an activating group) is 1. The van der Waals surface area contributed by atoms with Crippen molar-refractivity contribution in [1.29, 1.82) is 0 Å². The van der Waals surface area contributed by atoms with Crippen molar-refractivity contribution < 1.29 is 19.2 Å². The van der Waals surface area contributed by atoms with Gasteiger partial charge in [-0.05, 0) is 36.2 Å². The molecule has 0 bridgehead atoms. The molecule has 1 aliphatic rings. The molecule has 0 spiro atoms. The van der Waals surface area contributed by atoms with Crippen molar-refractivity contribution in [2.45, 2.75) is 13.5 Å². The zero-order valence-corrected chi connectivity index (χ0v) is 17.9. The number of amides is 1. The molecule has 156 valence electrons. The number of carbonyl (C=O) groups excluding carboxylic acids is 1. The number of hydrogen-bond donors (Lipinski definition) is 1. The molecule has 29 heavy (non-hydrogen) atoms. The number of ether oxygens (including phenoxy) is 2. The molecule has 0 radical (unpaired) electrons. The number of nitrogens with zero attached hydrogens (tertiary/aromatic N) is 2. The van der Waals surface area contributed by atoms with E-state index in [-0.39, 0.29) is 5.91 Å². The summed E-state index contributed by atoms with van der Waals surface area (Å²) in [4.78, 5) is 18.3. The fraction of sp³-hybridized carbons (Fsp3) is 0.435. The molecule has 0 saturated carbocycles. The Balaban J connectivity index is 1.51. The van der Waals surface area contributed by atoms with Crippen molar-refractivity contribution in [2.75, 3.05) is 58.9 Å². The number of para-hydroxylation sites is 1. The number of aryl methyl sites for hydroxylation is 1. The zero-order valence-electron chi connectivity index (χ0n) is 17.9. The molecule has 6 nitrogen and oxygen atoms in total. The van der Waals surface area contributed by atoms with E-state index >= 15 is 0 Å². The Kier molecular flexibility index (Phi) is 6.99. The number of hydrogen-bond acceptors (Lipinski definition) is 4. The van der Waals surface area contributed by atoms with E-state index in [1.807, 2.05) is 25.2 Å². The van der Waals surface area contributed by atoms with Gasteiger partial charge in [0.1, 0.15) is 0 Å². The highest BCUT2D eigenvalue weighted by molar-refractivity contribution is 5.76. The summed E-state index contributed by atoms with van der Waals surface area (Å²) in [5, 5.41) is 0. The van der Waals surface area contributed by atoms with E-state index in [1.165, 1.54) is 16.2 Å². The smallest absolute Gasteiger partial charge is 0.277 e. The number of methoxy groups -OCH3 is 2. The monoisotopic (exact) mass is 398 g/mol. The molecule has 2 aromatic carbocycles. The highest BCUT2D eigenvalue weighted by Crippen LogP contribution is 2.27. The van der Waals surface area contributed by atoms with Crippen molar-refractivity contribution >= 4 is 11.6 Å². The van der Waals surface area contributed by atoms with Gasteiger partial charge in [-0.3, -0.25) is 4.79 Å². The number of quaternary nitrogens is 1. The molecule has 0 aliphatic carbocycles. The zero-order chi connectivity index (χ0) is 20.8. The normalized spacial score (nSPS) is 14.6. The van der Waals surface area contributed by atoms with Crippen molar-refractivity contribution in [3.8, 4) is 11.5 Å². The summed E-state index contributed by atoms with van der Waals surface area (Å²) in [6, 6.07) is 14.3. The highest BCUT2D eigenvalue weighted by Gasteiger charge is 2.24. The van der Waals surface area contributed by atoms with E-state index in [2.05, 4.69) is 36.1 Å². The van der Waals surface area contributed by atoms with Gasteiger partial charge in [0.25, 0.3) is 5.91 Å². The van der Waals surface area contributed by atoms with E-state index in [0.717, 1.165) is 31.7 Å². The van der Waals surface area contributed by atoms with Crippen LogP contribution >= 0.6 is 0 Å². The Labute approximate surface area is 173 Å². The van der Waals surface area contributed by atoms with Crippen LogP contribution in [0.5, 0.6) is 11.5 Å². The van der Waals surface area contributed by atoms with Crippen LogP contribution in [0.25, 0.3) is 0 Å². The van der Waals surface area contributed by atoms with Gasteiger partial charge >= 0.3 is 0 Å². The van der Waals surface area contributed by atoms with Crippen LogP contribution in [0.4, 0.5) is 5.69 Å². The van der Waals surface area contributed by atoms with Crippen LogP contribution in [0.3, 0.4) is 0 Å². The molecule has 0 aromatic heterocycles. The van der Waals surface area contributed by atoms with Gasteiger partial charge in [-0.2, -0.15) is 0 Å². The van der Waals surface area contributed by atoms with Crippen LogP contribution in [0.1, 0.15) is 11.1 Å². The molecule has 3 rings (SSSR count). The molecule has 1 aliphatic heterocycles. The maximum absolute atomic E-state index is 12.7. The predicted molar refractivity (Wildman–Crippen MR) is 115 cm³/mol. The molecule has 1 fully saturated rings. The first-order valence-electron chi connectivity index (χ1n) is 10.1. The summed E-state index contributed by atoms with van der Waals surface area (Å²) in [6.45, 7) is 7.16. The molecule has 1 N–H and O–H groups in total. The summed E-state index contributed by atoms with van der Waals surface area (Å²) in [5.74, 6) is 1.55. The van der Waals surface area contributed by atoms with Crippen molar-refractivity contribution in [3.63, 3.8) is 0 Å². The first-order chi connectivity index (χ1) is 14.0. The molecule has 1 amide bonds. The van der Waals surface area contributed by atoms with E-state index in [1.54, 1.807) is 19.1 Å². The Morgan fingerprint density at radius 3 is 2.41 bits per heavy atom. The Morgan fingerprint density at radius 1 is 1.07 bits per heavy atom. The first kappa shape index (κ1) is 21.0. The molecule has 0 atom stereocenters. The maximum atomic E-state index is 12.7. The van der Waals surface area contributed by atoms with E-state index in [4.69, 9.17) is 9.47 Å². The maximum Gasteiger partial charge on any atom is 0.277 e. The second-order valence-corrected chi connectivity index (χ2v) is 7.64. The lowest BCUT2D eigenvalue weighted by molar-refractivity contribution is -0.892. The summed E-state index contributed by atoms with van der Waals surface area (Å²) in [7, 11) is 5.10. The third kappa shape index (κ3) is 5.21. The molecule has 1 heterocycles. The van der Waals surface area contributed by atoms with Gasteiger partial charge in [-0.15, -0.1) is 0 Å². The van der Waals surface area contributed by atoms with Crippen molar-refractivity contribution in [1.82, 2.24) is 4.90 Å². The van der Waals surface area contributed by atoms with Gasteiger partial charge in [-0.25, -0.2) is 0 Å². The van der Waals surface area contributed by atoms with Crippen LogP contribution in [0.2, 0.25) is 0 Å². The van der Waals surface area contributed by atoms with Crippen LogP contribution in [-0.2, 0) is 11.3 Å². The van der Waals surface area contributed by atoms with Crippen LogP contribution in [-0.4, -0.2) is 64.8 Å².